The number of thioether (sulfide) groups is 1. The summed E-state index contributed by atoms with van der Waals surface area (Å²) in [6.07, 6.45) is 0. The van der Waals surface area contributed by atoms with E-state index in [4.69, 9.17) is 16.3 Å². The summed E-state index contributed by atoms with van der Waals surface area (Å²) in [5, 5.41) is 11.4. The standard InChI is InChI=1S/C29H26BrClN4OS/c1-29(2,3)21-8-5-18(6-9-21)27-33-34-28(35(27)23-12-10-22(30)11-13-23)37-17-20-15-19-7-14-24(36-4)16-25(19)32-26(20)31/h5-16H,17H2,1-4H3. The Morgan fingerprint density at radius 1 is 0.946 bits per heavy atom. The van der Waals surface area contributed by atoms with Crippen LogP contribution in [0.2, 0.25) is 5.15 Å². The molecule has 0 aliphatic rings. The first kappa shape index (κ1) is 25.8. The van der Waals surface area contributed by atoms with Gasteiger partial charge in [0, 0.05) is 38.5 Å². The van der Waals surface area contributed by atoms with E-state index in [9.17, 15) is 0 Å². The average molecular weight is 594 g/mol. The van der Waals surface area contributed by atoms with Gasteiger partial charge in [-0.25, -0.2) is 4.98 Å². The molecule has 0 atom stereocenters. The lowest BCUT2D eigenvalue weighted by atomic mass is 9.87. The van der Waals surface area contributed by atoms with Crippen LogP contribution in [0.3, 0.4) is 0 Å². The number of halogens is 2. The molecule has 37 heavy (non-hydrogen) atoms. The molecule has 0 saturated carbocycles. The van der Waals surface area contributed by atoms with Gasteiger partial charge in [-0.05, 0) is 53.4 Å². The molecule has 0 N–H and O–H groups in total. The second-order valence-electron chi connectivity index (χ2n) is 9.73. The molecule has 0 bridgehead atoms. The van der Waals surface area contributed by atoms with Gasteiger partial charge in [-0.2, -0.15) is 0 Å². The molecule has 0 radical (unpaired) electrons. The highest BCUT2D eigenvalue weighted by atomic mass is 79.9. The zero-order valence-corrected chi connectivity index (χ0v) is 24.2. The fourth-order valence-electron chi connectivity index (χ4n) is 4.03. The molecule has 3 aromatic carbocycles. The Morgan fingerprint density at radius 2 is 1.68 bits per heavy atom. The SMILES string of the molecule is COc1ccc2cc(CSc3nnc(-c4ccc(C(C)(C)C)cc4)n3-c3ccc(Br)cc3)c(Cl)nc2c1. The van der Waals surface area contributed by atoms with Crippen molar-refractivity contribution in [3.8, 4) is 22.8 Å². The summed E-state index contributed by atoms with van der Waals surface area (Å²) < 4.78 is 8.42. The number of fused-ring (bicyclic) bond motifs is 1. The van der Waals surface area contributed by atoms with Crippen LogP contribution in [0.5, 0.6) is 5.75 Å². The second kappa shape index (κ2) is 10.5. The molecule has 0 unspecified atom stereocenters. The van der Waals surface area contributed by atoms with Crippen LogP contribution in [0.25, 0.3) is 28.0 Å². The number of nitrogens with zero attached hydrogens (tertiary/aromatic N) is 4. The van der Waals surface area contributed by atoms with E-state index >= 15 is 0 Å². The zero-order valence-electron chi connectivity index (χ0n) is 21.0. The van der Waals surface area contributed by atoms with Gasteiger partial charge >= 0.3 is 0 Å². The van der Waals surface area contributed by atoms with E-state index in [1.54, 1.807) is 18.9 Å². The van der Waals surface area contributed by atoms with Crippen molar-refractivity contribution in [1.82, 2.24) is 19.7 Å². The van der Waals surface area contributed by atoms with Crippen molar-refractivity contribution >= 4 is 50.2 Å². The van der Waals surface area contributed by atoms with Crippen molar-refractivity contribution in [2.45, 2.75) is 37.1 Å². The molecular weight excluding hydrogens is 568 g/mol. The topological polar surface area (TPSA) is 52.8 Å². The van der Waals surface area contributed by atoms with Gasteiger partial charge in [0.25, 0.3) is 0 Å². The first-order valence-electron chi connectivity index (χ1n) is 11.8. The number of hydrogen-bond donors (Lipinski definition) is 0. The van der Waals surface area contributed by atoms with E-state index in [1.165, 1.54) is 5.56 Å². The highest BCUT2D eigenvalue weighted by Gasteiger charge is 2.19. The molecule has 0 spiro atoms. The minimum atomic E-state index is 0.0806. The Hall–Kier alpha value is -2.87. The van der Waals surface area contributed by atoms with Gasteiger partial charge in [0.2, 0.25) is 0 Å². The zero-order chi connectivity index (χ0) is 26.2. The summed E-state index contributed by atoms with van der Waals surface area (Å²) in [5.41, 5.74) is 5.09. The summed E-state index contributed by atoms with van der Waals surface area (Å²) in [6.45, 7) is 6.64. The van der Waals surface area contributed by atoms with Crippen LogP contribution in [-0.4, -0.2) is 26.9 Å². The first-order valence-corrected chi connectivity index (χ1v) is 14.0. The summed E-state index contributed by atoms with van der Waals surface area (Å²) >= 11 is 11.7. The molecule has 5 rings (SSSR count). The summed E-state index contributed by atoms with van der Waals surface area (Å²) in [7, 11) is 1.64. The smallest absolute Gasteiger partial charge is 0.196 e. The largest absolute Gasteiger partial charge is 0.497 e. The van der Waals surface area contributed by atoms with Crippen LogP contribution in [0.1, 0.15) is 31.9 Å². The molecule has 2 heterocycles. The fourth-order valence-corrected chi connectivity index (χ4v) is 5.51. The minimum absolute atomic E-state index is 0.0806. The van der Waals surface area contributed by atoms with E-state index in [-0.39, 0.29) is 5.41 Å². The van der Waals surface area contributed by atoms with E-state index in [2.05, 4.69) is 98.9 Å². The Kier molecular flexibility index (Phi) is 7.30. The predicted octanol–water partition coefficient (Wildman–Crippen LogP) is 8.50. The number of hydrogen-bond acceptors (Lipinski definition) is 5. The van der Waals surface area contributed by atoms with Gasteiger partial charge in [-0.3, -0.25) is 4.57 Å². The highest BCUT2D eigenvalue weighted by molar-refractivity contribution is 9.10. The molecule has 8 heteroatoms. The molecule has 0 amide bonds. The molecule has 0 saturated heterocycles. The van der Waals surface area contributed by atoms with Crippen molar-refractivity contribution < 1.29 is 4.74 Å². The Bertz CT molecular complexity index is 1560. The maximum absolute atomic E-state index is 6.58. The molecular formula is C29H26BrClN4OS. The highest BCUT2D eigenvalue weighted by Crippen LogP contribution is 2.33. The van der Waals surface area contributed by atoms with Gasteiger partial charge in [-0.15, -0.1) is 10.2 Å². The van der Waals surface area contributed by atoms with E-state index < -0.39 is 0 Å². The van der Waals surface area contributed by atoms with Gasteiger partial charge in [-0.1, -0.05) is 84.3 Å². The van der Waals surface area contributed by atoms with Crippen molar-refractivity contribution in [2.24, 2.45) is 0 Å². The van der Waals surface area contributed by atoms with Crippen LogP contribution in [0.15, 0.2) is 82.4 Å². The second-order valence-corrected chi connectivity index (χ2v) is 11.9. The molecule has 5 aromatic rings. The van der Waals surface area contributed by atoms with Crippen molar-refractivity contribution in [2.75, 3.05) is 7.11 Å². The molecule has 5 nitrogen and oxygen atoms in total. The van der Waals surface area contributed by atoms with Crippen molar-refractivity contribution in [1.29, 1.82) is 0 Å². The molecule has 188 valence electrons. The molecule has 0 aliphatic heterocycles. The number of methoxy groups -OCH3 is 1. The van der Waals surface area contributed by atoms with Crippen LogP contribution >= 0.6 is 39.3 Å². The first-order chi connectivity index (χ1) is 17.7. The van der Waals surface area contributed by atoms with Gasteiger partial charge in [0.1, 0.15) is 10.9 Å². The Morgan fingerprint density at radius 3 is 2.35 bits per heavy atom. The predicted molar refractivity (Wildman–Crippen MR) is 156 cm³/mol. The molecule has 0 fully saturated rings. The third-order valence-electron chi connectivity index (χ3n) is 6.14. The van der Waals surface area contributed by atoms with Gasteiger partial charge < -0.3 is 4.74 Å². The third kappa shape index (κ3) is 5.54. The summed E-state index contributed by atoms with van der Waals surface area (Å²) in [6, 6.07) is 24.6. The van der Waals surface area contributed by atoms with E-state index in [0.717, 1.165) is 48.9 Å². The number of ether oxygens (including phenoxy) is 1. The number of aromatic nitrogens is 4. The Labute approximate surface area is 234 Å². The van der Waals surface area contributed by atoms with Gasteiger partial charge in [0.15, 0.2) is 11.0 Å². The molecule has 0 aliphatic carbocycles. The quantitative estimate of drug-likeness (QED) is 0.146. The van der Waals surface area contributed by atoms with Crippen LogP contribution in [0, 0.1) is 0 Å². The van der Waals surface area contributed by atoms with Crippen molar-refractivity contribution in [3.63, 3.8) is 0 Å². The number of pyridine rings is 1. The number of benzene rings is 3. The maximum Gasteiger partial charge on any atom is 0.196 e. The fraction of sp³-hybridized carbons (Fsp3) is 0.207. The summed E-state index contributed by atoms with van der Waals surface area (Å²) in [4.78, 5) is 4.59. The lowest BCUT2D eigenvalue weighted by Gasteiger charge is -2.19. The Balaban J connectivity index is 1.50. The van der Waals surface area contributed by atoms with Gasteiger partial charge in [0.05, 0.1) is 12.6 Å². The summed E-state index contributed by atoms with van der Waals surface area (Å²) in [5.74, 6) is 2.15. The van der Waals surface area contributed by atoms with Crippen LogP contribution in [-0.2, 0) is 11.2 Å². The monoisotopic (exact) mass is 592 g/mol. The third-order valence-corrected chi connectivity index (χ3v) is 7.97. The molecule has 2 aromatic heterocycles. The van der Waals surface area contributed by atoms with E-state index in [1.807, 2.05) is 30.3 Å². The maximum atomic E-state index is 6.58. The van der Waals surface area contributed by atoms with E-state index in [0.29, 0.717) is 10.9 Å². The average Bonchev–Trinajstić information content (AvgIpc) is 3.31. The van der Waals surface area contributed by atoms with Crippen molar-refractivity contribution in [3.05, 3.63) is 93.5 Å². The van der Waals surface area contributed by atoms with Crippen LogP contribution < -0.4 is 4.74 Å². The lowest BCUT2D eigenvalue weighted by molar-refractivity contribution is 0.415. The number of rotatable bonds is 6. The normalized spacial score (nSPS) is 11.7. The van der Waals surface area contributed by atoms with Crippen LogP contribution in [0.4, 0.5) is 0 Å². The lowest BCUT2D eigenvalue weighted by Crippen LogP contribution is -2.10. The minimum Gasteiger partial charge on any atom is -0.497 e.